The first-order valence-corrected chi connectivity index (χ1v) is 8.37. The van der Waals surface area contributed by atoms with Crippen LogP contribution in [0.5, 0.6) is 5.75 Å². The number of H-pyrrole nitrogens is 1. The summed E-state index contributed by atoms with van der Waals surface area (Å²) in [6.07, 6.45) is 5.60. The van der Waals surface area contributed by atoms with Crippen LogP contribution in [-0.2, 0) is 11.3 Å². The zero-order valence-corrected chi connectivity index (χ0v) is 14.4. The van der Waals surface area contributed by atoms with Gasteiger partial charge >= 0.3 is 0 Å². The van der Waals surface area contributed by atoms with Crippen LogP contribution < -0.4 is 10.1 Å². The second kappa shape index (κ2) is 7.96. The number of carbonyl (C=O) groups excluding carboxylic acids is 2. The monoisotopic (exact) mass is 359 g/mol. The van der Waals surface area contributed by atoms with E-state index >= 15 is 0 Å². The fourth-order valence-electron chi connectivity index (χ4n) is 2.78. The largest absolute Gasteiger partial charge is 0.487 e. The Hall–Kier alpha value is -2.94. The van der Waals surface area contributed by atoms with Crippen molar-refractivity contribution in [1.82, 2.24) is 25.2 Å². The van der Waals surface area contributed by atoms with Crippen molar-refractivity contribution in [2.75, 3.05) is 13.1 Å². The van der Waals surface area contributed by atoms with Gasteiger partial charge in [0.2, 0.25) is 0 Å². The Labute approximate surface area is 150 Å². The van der Waals surface area contributed by atoms with Crippen molar-refractivity contribution < 1.29 is 19.4 Å². The Morgan fingerprint density at radius 3 is 3.04 bits per heavy atom. The van der Waals surface area contributed by atoms with Crippen molar-refractivity contribution in [2.24, 2.45) is 0 Å². The lowest BCUT2D eigenvalue weighted by Gasteiger charge is -2.19. The molecule has 0 aliphatic carbocycles. The molecule has 3 rings (SSSR count). The summed E-state index contributed by atoms with van der Waals surface area (Å²) < 4.78 is 5.98. The SMILES string of the molecule is C[C@@H](O)C(=O)N1CC[C@H](Oc2cnccc2CNC(=O)c2cnc[nH]2)C1. The third kappa shape index (κ3) is 4.17. The van der Waals surface area contributed by atoms with Gasteiger partial charge in [0.1, 0.15) is 23.7 Å². The number of rotatable bonds is 6. The van der Waals surface area contributed by atoms with Crippen LogP contribution in [0.25, 0.3) is 0 Å². The first kappa shape index (κ1) is 17.9. The molecule has 0 unspecified atom stereocenters. The van der Waals surface area contributed by atoms with Gasteiger partial charge in [0, 0.05) is 31.3 Å². The van der Waals surface area contributed by atoms with E-state index in [-0.39, 0.29) is 24.5 Å². The second-order valence-corrected chi connectivity index (χ2v) is 6.12. The Kier molecular flexibility index (Phi) is 5.47. The smallest absolute Gasteiger partial charge is 0.269 e. The van der Waals surface area contributed by atoms with Crippen LogP contribution in [0.15, 0.2) is 31.0 Å². The van der Waals surface area contributed by atoms with E-state index in [2.05, 4.69) is 20.3 Å². The van der Waals surface area contributed by atoms with Crippen molar-refractivity contribution in [1.29, 1.82) is 0 Å². The maximum absolute atomic E-state index is 12.0. The van der Waals surface area contributed by atoms with Gasteiger partial charge in [-0.15, -0.1) is 0 Å². The lowest BCUT2D eigenvalue weighted by Crippen LogP contribution is -2.37. The number of likely N-dealkylation sites (tertiary alicyclic amines) is 1. The van der Waals surface area contributed by atoms with Crippen molar-refractivity contribution in [3.05, 3.63) is 42.2 Å². The number of hydrogen-bond acceptors (Lipinski definition) is 6. The van der Waals surface area contributed by atoms with Crippen LogP contribution >= 0.6 is 0 Å². The molecule has 0 radical (unpaired) electrons. The number of pyridine rings is 1. The number of aromatic nitrogens is 3. The molecule has 3 heterocycles. The minimum Gasteiger partial charge on any atom is -0.487 e. The Bertz CT molecular complexity index is 762. The Morgan fingerprint density at radius 1 is 1.46 bits per heavy atom. The molecule has 26 heavy (non-hydrogen) atoms. The third-order valence-electron chi connectivity index (χ3n) is 4.16. The lowest BCUT2D eigenvalue weighted by atomic mass is 10.2. The lowest BCUT2D eigenvalue weighted by molar-refractivity contribution is -0.138. The Balaban J connectivity index is 1.59. The molecule has 9 heteroatoms. The number of nitrogens with one attached hydrogen (secondary N) is 2. The first-order chi connectivity index (χ1) is 12.5. The molecule has 1 fully saturated rings. The van der Waals surface area contributed by atoms with Gasteiger partial charge in [0.25, 0.3) is 11.8 Å². The van der Waals surface area contributed by atoms with Gasteiger partial charge in [-0.3, -0.25) is 14.6 Å². The fraction of sp³-hybridized carbons (Fsp3) is 0.412. The predicted octanol–water partition coefficient (Wildman–Crippen LogP) is 0.0952. The number of amides is 2. The Morgan fingerprint density at radius 2 is 2.31 bits per heavy atom. The molecule has 0 bridgehead atoms. The van der Waals surface area contributed by atoms with Crippen LogP contribution in [0.3, 0.4) is 0 Å². The topological polar surface area (TPSA) is 120 Å². The normalized spacial score (nSPS) is 17.8. The van der Waals surface area contributed by atoms with E-state index < -0.39 is 6.10 Å². The fourth-order valence-corrected chi connectivity index (χ4v) is 2.78. The van der Waals surface area contributed by atoms with E-state index in [1.165, 1.54) is 19.4 Å². The average molecular weight is 359 g/mol. The van der Waals surface area contributed by atoms with E-state index in [1.54, 1.807) is 23.4 Å². The highest BCUT2D eigenvalue weighted by Crippen LogP contribution is 2.22. The zero-order chi connectivity index (χ0) is 18.5. The van der Waals surface area contributed by atoms with Crippen molar-refractivity contribution in [2.45, 2.75) is 32.1 Å². The van der Waals surface area contributed by atoms with E-state index in [0.717, 1.165) is 5.56 Å². The molecule has 2 amide bonds. The highest BCUT2D eigenvalue weighted by Gasteiger charge is 2.29. The summed E-state index contributed by atoms with van der Waals surface area (Å²) in [7, 11) is 0. The summed E-state index contributed by atoms with van der Waals surface area (Å²) in [5.74, 6) is 0.00270. The average Bonchev–Trinajstić information content (AvgIpc) is 3.32. The number of imidazole rings is 1. The van der Waals surface area contributed by atoms with Gasteiger partial charge in [0.15, 0.2) is 0 Å². The minimum absolute atomic E-state index is 0.177. The van der Waals surface area contributed by atoms with E-state index in [9.17, 15) is 14.7 Å². The van der Waals surface area contributed by atoms with E-state index in [1.807, 2.05) is 0 Å². The van der Waals surface area contributed by atoms with Crippen molar-refractivity contribution in [3.63, 3.8) is 0 Å². The summed E-state index contributed by atoms with van der Waals surface area (Å²) in [5.41, 5.74) is 1.16. The molecule has 1 saturated heterocycles. The summed E-state index contributed by atoms with van der Waals surface area (Å²) >= 11 is 0. The van der Waals surface area contributed by atoms with Gasteiger partial charge < -0.3 is 25.0 Å². The number of carbonyl (C=O) groups is 2. The standard InChI is InChI=1S/C17H21N5O4/c1-11(23)17(25)22-5-3-13(9-22)26-15-8-18-4-2-12(15)6-20-16(24)14-7-19-10-21-14/h2,4,7-8,10-11,13,23H,3,5-6,9H2,1H3,(H,19,21)(H,20,24)/t11-,13+/m1/s1. The molecule has 1 aliphatic rings. The summed E-state index contributed by atoms with van der Waals surface area (Å²) in [5, 5.41) is 12.2. The van der Waals surface area contributed by atoms with Crippen molar-refractivity contribution in [3.8, 4) is 5.75 Å². The molecule has 2 aromatic rings. The highest BCUT2D eigenvalue weighted by atomic mass is 16.5. The molecule has 3 N–H and O–H groups in total. The number of aromatic amines is 1. The van der Waals surface area contributed by atoms with Crippen molar-refractivity contribution >= 4 is 11.8 Å². The molecule has 138 valence electrons. The first-order valence-electron chi connectivity index (χ1n) is 8.37. The van der Waals surface area contributed by atoms with Gasteiger partial charge in [0.05, 0.1) is 25.3 Å². The van der Waals surface area contributed by atoms with Crippen LogP contribution in [0, 0.1) is 0 Å². The summed E-state index contributed by atoms with van der Waals surface area (Å²) in [6, 6.07) is 1.77. The molecular formula is C17H21N5O4. The minimum atomic E-state index is -1.01. The van der Waals surface area contributed by atoms with Crippen LogP contribution in [-0.4, -0.2) is 62.1 Å². The van der Waals surface area contributed by atoms with Crippen LogP contribution in [0.4, 0.5) is 0 Å². The second-order valence-electron chi connectivity index (χ2n) is 6.12. The zero-order valence-electron chi connectivity index (χ0n) is 14.4. The molecule has 0 spiro atoms. The molecular weight excluding hydrogens is 338 g/mol. The van der Waals surface area contributed by atoms with Crippen LogP contribution in [0.2, 0.25) is 0 Å². The number of hydrogen-bond donors (Lipinski definition) is 3. The van der Waals surface area contributed by atoms with Crippen LogP contribution in [0.1, 0.15) is 29.4 Å². The molecule has 0 saturated carbocycles. The number of ether oxygens (including phenoxy) is 1. The maximum Gasteiger partial charge on any atom is 0.269 e. The van der Waals surface area contributed by atoms with Gasteiger partial charge in [-0.25, -0.2) is 4.98 Å². The molecule has 2 atom stereocenters. The maximum atomic E-state index is 12.0. The molecule has 1 aliphatic heterocycles. The highest BCUT2D eigenvalue weighted by molar-refractivity contribution is 5.91. The predicted molar refractivity (Wildman–Crippen MR) is 91.3 cm³/mol. The molecule has 2 aromatic heterocycles. The number of aliphatic hydroxyl groups is 1. The summed E-state index contributed by atoms with van der Waals surface area (Å²) in [6.45, 7) is 2.69. The summed E-state index contributed by atoms with van der Waals surface area (Å²) in [4.78, 5) is 36.1. The van der Waals surface area contributed by atoms with Gasteiger partial charge in [-0.2, -0.15) is 0 Å². The van der Waals surface area contributed by atoms with Gasteiger partial charge in [-0.1, -0.05) is 0 Å². The number of aliphatic hydroxyl groups excluding tert-OH is 1. The third-order valence-corrected chi connectivity index (χ3v) is 4.16. The quantitative estimate of drug-likeness (QED) is 0.672. The van der Waals surface area contributed by atoms with E-state index in [0.29, 0.717) is 31.0 Å². The number of nitrogens with zero attached hydrogens (tertiary/aromatic N) is 3. The molecule has 9 nitrogen and oxygen atoms in total. The molecule has 0 aromatic carbocycles. The van der Waals surface area contributed by atoms with Gasteiger partial charge in [-0.05, 0) is 13.0 Å². The van der Waals surface area contributed by atoms with E-state index in [4.69, 9.17) is 4.74 Å².